The number of nitrogens with zero attached hydrogens (tertiary/aromatic N) is 1. The highest BCUT2D eigenvalue weighted by Gasteiger charge is 2.32. The molecule has 2 N–H and O–H groups in total. The number of carbonyl (C=O) groups excluding carboxylic acids is 1. The fraction of sp³-hybridized carbons (Fsp3) is 0.923. The van der Waals surface area contributed by atoms with Gasteiger partial charge in [-0.15, -0.1) is 0 Å². The summed E-state index contributed by atoms with van der Waals surface area (Å²) in [6.45, 7) is 2.67. The first-order valence-electron chi connectivity index (χ1n) is 7.01. The lowest BCUT2D eigenvalue weighted by Gasteiger charge is -2.37. The molecule has 4 heteroatoms. The second-order valence-corrected chi connectivity index (χ2v) is 5.25. The Morgan fingerprint density at radius 2 is 2.06 bits per heavy atom. The van der Waals surface area contributed by atoms with Crippen molar-refractivity contribution in [2.45, 2.75) is 50.6 Å². The third-order valence-electron chi connectivity index (χ3n) is 4.04. The van der Waals surface area contributed by atoms with Crippen molar-refractivity contribution >= 4 is 5.91 Å². The van der Waals surface area contributed by atoms with E-state index in [2.05, 4.69) is 15.5 Å². The van der Waals surface area contributed by atoms with E-state index >= 15 is 0 Å². The number of hydrogen-bond donors (Lipinski definition) is 2. The van der Waals surface area contributed by atoms with E-state index in [0.29, 0.717) is 6.04 Å². The van der Waals surface area contributed by atoms with Gasteiger partial charge in [0, 0.05) is 25.7 Å². The Balaban J connectivity index is 2.05. The molecule has 0 radical (unpaired) electrons. The average molecular weight is 239 g/mol. The Labute approximate surface area is 104 Å². The van der Waals surface area contributed by atoms with Crippen molar-refractivity contribution in [1.82, 2.24) is 15.5 Å². The van der Waals surface area contributed by atoms with Gasteiger partial charge in [-0.3, -0.25) is 9.69 Å². The van der Waals surface area contributed by atoms with Crippen LogP contribution in [0.3, 0.4) is 0 Å². The highest BCUT2D eigenvalue weighted by Crippen LogP contribution is 2.25. The van der Waals surface area contributed by atoms with Crippen LogP contribution in [0.25, 0.3) is 0 Å². The fourth-order valence-corrected chi connectivity index (χ4v) is 3.15. The molecule has 2 fully saturated rings. The van der Waals surface area contributed by atoms with Gasteiger partial charge in [0.25, 0.3) is 0 Å². The first kappa shape index (κ1) is 12.8. The van der Waals surface area contributed by atoms with Crippen LogP contribution in [-0.2, 0) is 4.79 Å². The highest BCUT2D eigenvalue weighted by molar-refractivity contribution is 5.82. The van der Waals surface area contributed by atoms with Crippen molar-refractivity contribution in [2.75, 3.05) is 26.7 Å². The van der Waals surface area contributed by atoms with Gasteiger partial charge < -0.3 is 10.6 Å². The minimum absolute atomic E-state index is 0.0330. The number of nitrogens with one attached hydrogen (secondary N) is 2. The van der Waals surface area contributed by atoms with Crippen LogP contribution in [0.2, 0.25) is 0 Å². The molecule has 1 amide bonds. The fourth-order valence-electron chi connectivity index (χ4n) is 3.15. The van der Waals surface area contributed by atoms with Crippen molar-refractivity contribution in [3.05, 3.63) is 0 Å². The molecule has 0 bridgehead atoms. The number of hydrogen-bond acceptors (Lipinski definition) is 3. The standard InChI is InChI=1S/C13H25N3O/c1-14-10-12-13(17)15-8-5-9-16(12)11-6-3-2-4-7-11/h11-12,14H,2-10H2,1H3,(H,15,17). The van der Waals surface area contributed by atoms with Gasteiger partial charge in [0.15, 0.2) is 0 Å². The summed E-state index contributed by atoms with van der Waals surface area (Å²) in [6, 6.07) is 0.663. The normalized spacial score (nSPS) is 28.8. The molecule has 1 saturated heterocycles. The average Bonchev–Trinajstić information content (AvgIpc) is 2.54. The summed E-state index contributed by atoms with van der Waals surface area (Å²) < 4.78 is 0. The van der Waals surface area contributed by atoms with Gasteiger partial charge in [-0.1, -0.05) is 19.3 Å². The van der Waals surface area contributed by atoms with Gasteiger partial charge in [-0.25, -0.2) is 0 Å². The van der Waals surface area contributed by atoms with Gasteiger partial charge >= 0.3 is 0 Å². The Hall–Kier alpha value is -0.610. The zero-order chi connectivity index (χ0) is 12.1. The molecule has 98 valence electrons. The molecule has 0 aromatic heterocycles. The summed E-state index contributed by atoms with van der Waals surface area (Å²) in [5.74, 6) is 0.211. The summed E-state index contributed by atoms with van der Waals surface area (Å²) in [4.78, 5) is 14.5. The van der Waals surface area contributed by atoms with Gasteiger partial charge in [0.2, 0.25) is 5.91 Å². The van der Waals surface area contributed by atoms with Gasteiger partial charge in [-0.2, -0.15) is 0 Å². The van der Waals surface area contributed by atoms with E-state index in [1.54, 1.807) is 0 Å². The zero-order valence-corrected chi connectivity index (χ0v) is 10.9. The summed E-state index contributed by atoms with van der Waals surface area (Å²) >= 11 is 0. The zero-order valence-electron chi connectivity index (χ0n) is 10.9. The lowest BCUT2D eigenvalue weighted by atomic mass is 9.93. The third kappa shape index (κ3) is 3.19. The second-order valence-electron chi connectivity index (χ2n) is 5.25. The Morgan fingerprint density at radius 1 is 1.29 bits per heavy atom. The van der Waals surface area contributed by atoms with Gasteiger partial charge in [0.1, 0.15) is 6.04 Å². The third-order valence-corrected chi connectivity index (χ3v) is 4.04. The first-order chi connectivity index (χ1) is 8.33. The summed E-state index contributed by atoms with van der Waals surface area (Å²) in [5, 5.41) is 6.19. The molecule has 2 rings (SSSR count). The number of rotatable bonds is 3. The van der Waals surface area contributed by atoms with Crippen LogP contribution in [0.5, 0.6) is 0 Å². The summed E-state index contributed by atoms with van der Waals surface area (Å²) in [5.41, 5.74) is 0. The van der Waals surface area contributed by atoms with E-state index in [4.69, 9.17) is 0 Å². The predicted molar refractivity (Wildman–Crippen MR) is 68.9 cm³/mol. The van der Waals surface area contributed by atoms with Crippen LogP contribution in [0.4, 0.5) is 0 Å². The maximum atomic E-state index is 12.1. The topological polar surface area (TPSA) is 44.4 Å². The quantitative estimate of drug-likeness (QED) is 0.763. The van der Waals surface area contributed by atoms with Crippen LogP contribution in [0.1, 0.15) is 38.5 Å². The Kier molecular flexibility index (Phi) is 4.80. The molecule has 0 spiro atoms. The molecule has 4 nitrogen and oxygen atoms in total. The first-order valence-corrected chi connectivity index (χ1v) is 7.01. The monoisotopic (exact) mass is 239 g/mol. The van der Waals surface area contributed by atoms with E-state index in [1.165, 1.54) is 32.1 Å². The lowest BCUT2D eigenvalue weighted by Crippen LogP contribution is -2.53. The summed E-state index contributed by atoms with van der Waals surface area (Å²) in [7, 11) is 1.93. The molecule has 17 heavy (non-hydrogen) atoms. The lowest BCUT2D eigenvalue weighted by molar-refractivity contribution is -0.126. The molecule has 0 aromatic rings. The van der Waals surface area contributed by atoms with E-state index in [0.717, 1.165) is 26.1 Å². The van der Waals surface area contributed by atoms with Crippen molar-refractivity contribution in [1.29, 1.82) is 0 Å². The molecular weight excluding hydrogens is 214 g/mol. The minimum atomic E-state index is 0.0330. The summed E-state index contributed by atoms with van der Waals surface area (Å²) in [6.07, 6.45) is 7.65. The smallest absolute Gasteiger partial charge is 0.238 e. The van der Waals surface area contributed by atoms with E-state index in [9.17, 15) is 4.79 Å². The molecule has 2 aliphatic rings. The van der Waals surface area contributed by atoms with Crippen molar-refractivity contribution < 1.29 is 4.79 Å². The van der Waals surface area contributed by atoms with Crippen LogP contribution >= 0.6 is 0 Å². The SMILES string of the molecule is CNCC1C(=O)NCCCN1C1CCCCC1. The van der Waals surface area contributed by atoms with E-state index < -0.39 is 0 Å². The predicted octanol–water partition coefficient (Wildman–Crippen LogP) is 0.729. The Morgan fingerprint density at radius 3 is 2.76 bits per heavy atom. The molecule has 1 atom stereocenters. The Bertz CT molecular complexity index is 251. The highest BCUT2D eigenvalue weighted by atomic mass is 16.2. The molecular formula is C13H25N3O. The van der Waals surface area contributed by atoms with Crippen LogP contribution < -0.4 is 10.6 Å². The maximum Gasteiger partial charge on any atom is 0.238 e. The number of likely N-dealkylation sites (N-methyl/N-ethyl adjacent to an activating group) is 1. The van der Waals surface area contributed by atoms with E-state index in [-0.39, 0.29) is 11.9 Å². The van der Waals surface area contributed by atoms with Crippen LogP contribution in [-0.4, -0.2) is 49.6 Å². The van der Waals surface area contributed by atoms with Crippen molar-refractivity contribution in [3.63, 3.8) is 0 Å². The second kappa shape index (κ2) is 6.36. The van der Waals surface area contributed by atoms with Gasteiger partial charge in [0.05, 0.1) is 0 Å². The molecule has 1 aliphatic heterocycles. The van der Waals surface area contributed by atoms with Crippen LogP contribution in [0.15, 0.2) is 0 Å². The maximum absolute atomic E-state index is 12.1. The molecule has 1 aliphatic carbocycles. The molecule has 0 aromatic carbocycles. The number of amides is 1. The number of carbonyl (C=O) groups is 1. The van der Waals surface area contributed by atoms with Crippen molar-refractivity contribution in [3.8, 4) is 0 Å². The van der Waals surface area contributed by atoms with Crippen LogP contribution in [0, 0.1) is 0 Å². The molecule has 1 heterocycles. The van der Waals surface area contributed by atoms with Crippen molar-refractivity contribution in [2.24, 2.45) is 0 Å². The largest absolute Gasteiger partial charge is 0.355 e. The minimum Gasteiger partial charge on any atom is -0.355 e. The molecule has 1 saturated carbocycles. The molecule has 1 unspecified atom stereocenters. The van der Waals surface area contributed by atoms with E-state index in [1.807, 2.05) is 7.05 Å². The van der Waals surface area contributed by atoms with Gasteiger partial charge in [-0.05, 0) is 26.3 Å².